The van der Waals surface area contributed by atoms with Crippen LogP contribution in [0.1, 0.15) is 50.7 Å². The van der Waals surface area contributed by atoms with Gasteiger partial charge in [0.05, 0.1) is 6.10 Å². The van der Waals surface area contributed by atoms with Crippen molar-refractivity contribution in [2.75, 3.05) is 0 Å². The van der Waals surface area contributed by atoms with E-state index in [1.807, 2.05) is 54.7 Å². The molecule has 3 heteroatoms. The Morgan fingerprint density at radius 3 is 2.50 bits per heavy atom. The molecule has 1 aromatic carbocycles. The molecule has 3 rings (SSSR count). The van der Waals surface area contributed by atoms with Gasteiger partial charge in [-0.1, -0.05) is 61.7 Å². The zero-order valence-corrected chi connectivity index (χ0v) is 15.5. The Hall–Kier alpha value is -2.39. The van der Waals surface area contributed by atoms with Gasteiger partial charge in [0.15, 0.2) is 0 Å². The lowest BCUT2D eigenvalue weighted by molar-refractivity contribution is 0.153. The number of rotatable bonds is 6. The lowest BCUT2D eigenvalue weighted by Crippen LogP contribution is -2.42. The molecule has 26 heavy (non-hydrogen) atoms. The van der Waals surface area contributed by atoms with Gasteiger partial charge in [0.2, 0.25) is 0 Å². The minimum absolute atomic E-state index is 0.163. The molecular weight excluding hydrogens is 322 g/mol. The second-order valence-corrected chi connectivity index (χ2v) is 7.14. The van der Waals surface area contributed by atoms with Crippen molar-refractivity contribution in [3.8, 4) is 0 Å². The monoisotopic (exact) mass is 349 g/mol. The fraction of sp³-hybridized carbons (Fsp3) is 0.348. The topological polar surface area (TPSA) is 53.4 Å². The first-order chi connectivity index (χ1) is 12.6. The lowest BCUT2D eigenvalue weighted by atomic mass is 9.65. The minimum Gasteiger partial charge on any atom is -0.508 e. The minimum atomic E-state index is -0.837. The van der Waals surface area contributed by atoms with Crippen LogP contribution < -0.4 is 0 Å². The van der Waals surface area contributed by atoms with E-state index < -0.39 is 11.5 Å². The van der Waals surface area contributed by atoms with Gasteiger partial charge in [-0.05, 0) is 43.0 Å². The summed E-state index contributed by atoms with van der Waals surface area (Å²) in [6, 6.07) is 13.5. The van der Waals surface area contributed by atoms with Crippen molar-refractivity contribution >= 4 is 5.57 Å². The molecule has 1 heterocycles. The first-order valence-electron chi connectivity index (χ1n) is 9.37. The zero-order chi connectivity index (χ0) is 18.6. The normalized spacial score (nSPS) is 23.0. The molecular formula is C23H27NO2. The highest BCUT2D eigenvalue weighted by Crippen LogP contribution is 2.46. The highest BCUT2D eigenvalue weighted by molar-refractivity contribution is 5.77. The molecule has 0 bridgehead atoms. The summed E-state index contributed by atoms with van der Waals surface area (Å²) in [5.74, 6) is 0.163. The van der Waals surface area contributed by atoms with Gasteiger partial charge >= 0.3 is 0 Å². The molecule has 1 aliphatic carbocycles. The van der Waals surface area contributed by atoms with Crippen molar-refractivity contribution in [3.05, 3.63) is 83.4 Å². The van der Waals surface area contributed by atoms with Gasteiger partial charge in [-0.25, -0.2) is 0 Å². The molecule has 136 valence electrons. The Morgan fingerprint density at radius 2 is 1.85 bits per heavy atom. The molecule has 2 N–H and O–H groups in total. The van der Waals surface area contributed by atoms with Gasteiger partial charge in [0.1, 0.15) is 5.76 Å². The first-order valence-corrected chi connectivity index (χ1v) is 9.37. The molecule has 0 fully saturated rings. The van der Waals surface area contributed by atoms with Gasteiger partial charge in [-0.2, -0.15) is 0 Å². The van der Waals surface area contributed by atoms with Crippen molar-refractivity contribution in [3.63, 3.8) is 0 Å². The number of hydrogen-bond acceptors (Lipinski definition) is 3. The number of nitrogens with zero attached hydrogens (tertiary/aromatic N) is 1. The summed E-state index contributed by atoms with van der Waals surface area (Å²) in [5.41, 5.74) is 2.84. The fourth-order valence-corrected chi connectivity index (χ4v) is 3.83. The molecule has 1 aliphatic rings. The Kier molecular flexibility index (Phi) is 5.58. The van der Waals surface area contributed by atoms with Gasteiger partial charge < -0.3 is 10.2 Å². The van der Waals surface area contributed by atoms with Crippen LogP contribution in [0.2, 0.25) is 0 Å². The number of allylic oxidation sites excluding steroid dienone is 1. The number of aliphatic hydroxyl groups excluding tert-OH is 2. The quantitative estimate of drug-likeness (QED) is 0.706. The largest absolute Gasteiger partial charge is 0.508 e. The molecule has 2 unspecified atom stereocenters. The van der Waals surface area contributed by atoms with Crippen molar-refractivity contribution in [1.82, 2.24) is 4.98 Å². The van der Waals surface area contributed by atoms with Crippen LogP contribution in [-0.4, -0.2) is 21.3 Å². The smallest absolute Gasteiger partial charge is 0.122 e. The van der Waals surface area contributed by atoms with Crippen molar-refractivity contribution in [2.24, 2.45) is 0 Å². The van der Waals surface area contributed by atoms with E-state index in [2.05, 4.69) is 18.8 Å². The SMILES string of the molecule is CCCCCC1=CC(O)=C(c2ccccc2)C(O)C1(C)c1cccnc1. The van der Waals surface area contributed by atoms with Crippen LogP contribution >= 0.6 is 0 Å². The van der Waals surface area contributed by atoms with Crippen LogP contribution in [0.3, 0.4) is 0 Å². The average Bonchev–Trinajstić information content (AvgIpc) is 2.67. The molecule has 1 aromatic heterocycles. The molecule has 0 saturated carbocycles. The summed E-state index contributed by atoms with van der Waals surface area (Å²) in [4.78, 5) is 4.27. The predicted octanol–water partition coefficient (Wildman–Crippen LogP) is 5.19. The second-order valence-electron chi connectivity index (χ2n) is 7.14. The number of unbranched alkanes of at least 4 members (excludes halogenated alkanes) is 2. The molecule has 3 nitrogen and oxygen atoms in total. The van der Waals surface area contributed by atoms with Gasteiger partial charge in [-0.3, -0.25) is 4.98 Å². The van der Waals surface area contributed by atoms with E-state index in [4.69, 9.17) is 0 Å². The Balaban J connectivity index is 2.11. The third-order valence-electron chi connectivity index (χ3n) is 5.47. The van der Waals surface area contributed by atoms with Crippen LogP contribution in [0.4, 0.5) is 0 Å². The van der Waals surface area contributed by atoms with E-state index in [1.165, 1.54) is 0 Å². The van der Waals surface area contributed by atoms with E-state index in [9.17, 15) is 10.2 Å². The van der Waals surface area contributed by atoms with Crippen LogP contribution in [0.25, 0.3) is 5.57 Å². The molecule has 0 aliphatic heterocycles. The maximum Gasteiger partial charge on any atom is 0.122 e. The van der Waals surface area contributed by atoms with E-state index in [0.717, 1.165) is 42.4 Å². The summed E-state index contributed by atoms with van der Waals surface area (Å²) in [6.07, 6.45) is 8.74. The highest BCUT2D eigenvalue weighted by atomic mass is 16.3. The molecule has 0 radical (unpaired) electrons. The van der Waals surface area contributed by atoms with E-state index in [0.29, 0.717) is 5.57 Å². The van der Waals surface area contributed by atoms with Crippen LogP contribution in [0.15, 0.2) is 72.3 Å². The van der Waals surface area contributed by atoms with E-state index in [1.54, 1.807) is 6.20 Å². The third kappa shape index (κ3) is 3.32. The van der Waals surface area contributed by atoms with E-state index >= 15 is 0 Å². The van der Waals surface area contributed by atoms with Gasteiger partial charge in [0.25, 0.3) is 0 Å². The Bertz CT molecular complexity index is 795. The standard InChI is InChI=1S/C23H27NO2/c1-3-4-6-12-18-15-20(25)21(17-10-7-5-8-11-17)22(26)23(18,2)19-13-9-14-24-16-19/h5,7-11,13-16,22,25-26H,3-4,6,12H2,1-2H3. The lowest BCUT2D eigenvalue weighted by Gasteiger charge is -2.41. The molecule has 0 amide bonds. The van der Waals surface area contributed by atoms with Crippen molar-refractivity contribution < 1.29 is 10.2 Å². The van der Waals surface area contributed by atoms with E-state index in [-0.39, 0.29) is 5.76 Å². The number of hydrogen-bond donors (Lipinski definition) is 2. The number of pyridine rings is 1. The average molecular weight is 349 g/mol. The Labute approximate surface area is 155 Å². The summed E-state index contributed by atoms with van der Waals surface area (Å²) in [5, 5.41) is 22.1. The number of aliphatic hydroxyl groups is 2. The van der Waals surface area contributed by atoms with Crippen LogP contribution in [0, 0.1) is 0 Å². The second kappa shape index (κ2) is 7.88. The molecule has 2 atom stereocenters. The number of benzene rings is 1. The third-order valence-corrected chi connectivity index (χ3v) is 5.47. The first kappa shape index (κ1) is 18.4. The van der Waals surface area contributed by atoms with Gasteiger partial charge in [0, 0.05) is 23.4 Å². The molecule has 2 aromatic rings. The summed E-state index contributed by atoms with van der Waals surface area (Å²) in [6.45, 7) is 4.23. The summed E-state index contributed by atoms with van der Waals surface area (Å²) in [7, 11) is 0. The maximum absolute atomic E-state index is 11.4. The maximum atomic E-state index is 11.4. The van der Waals surface area contributed by atoms with Crippen molar-refractivity contribution in [1.29, 1.82) is 0 Å². The fourth-order valence-electron chi connectivity index (χ4n) is 3.83. The molecule has 0 spiro atoms. The summed E-state index contributed by atoms with van der Waals surface area (Å²) >= 11 is 0. The Morgan fingerprint density at radius 1 is 1.08 bits per heavy atom. The van der Waals surface area contributed by atoms with Crippen LogP contribution in [-0.2, 0) is 5.41 Å². The van der Waals surface area contributed by atoms with Crippen LogP contribution in [0.5, 0.6) is 0 Å². The summed E-state index contributed by atoms with van der Waals surface area (Å²) < 4.78 is 0. The highest BCUT2D eigenvalue weighted by Gasteiger charge is 2.44. The predicted molar refractivity (Wildman–Crippen MR) is 106 cm³/mol. The van der Waals surface area contributed by atoms with Gasteiger partial charge in [-0.15, -0.1) is 0 Å². The molecule has 0 saturated heterocycles. The number of aromatic nitrogens is 1. The van der Waals surface area contributed by atoms with Crippen molar-refractivity contribution in [2.45, 2.75) is 51.0 Å². The zero-order valence-electron chi connectivity index (χ0n) is 15.5.